The highest BCUT2D eigenvalue weighted by atomic mass is 32.1. The molecule has 0 spiro atoms. The zero-order valence-electron chi connectivity index (χ0n) is 6.21. The van der Waals surface area contributed by atoms with Crippen molar-refractivity contribution in [3.63, 3.8) is 0 Å². The second-order valence-electron chi connectivity index (χ2n) is 2.23. The fourth-order valence-corrected chi connectivity index (χ4v) is 1.33. The summed E-state index contributed by atoms with van der Waals surface area (Å²) in [7, 11) is 0. The minimum absolute atomic E-state index is 0.458. The number of hydrogen-bond acceptors (Lipinski definition) is 5. The number of imidazole rings is 1. The Morgan fingerprint density at radius 1 is 1.58 bits per heavy atom. The van der Waals surface area contributed by atoms with Gasteiger partial charge in [-0.3, -0.25) is 4.57 Å². The lowest BCUT2D eigenvalue weighted by atomic mass is 10.5. The van der Waals surface area contributed by atoms with E-state index in [-0.39, 0.29) is 0 Å². The molecule has 0 saturated carbocycles. The molecular weight excluding hydrogens is 174 g/mol. The standard InChI is InChI=1S/C6H7N5S/c7-1-5-3-11(4-8-5)6-2-9-10-12-6/h2-4H,1,7H2. The van der Waals surface area contributed by atoms with E-state index in [4.69, 9.17) is 5.73 Å². The van der Waals surface area contributed by atoms with Gasteiger partial charge in [-0.2, -0.15) is 0 Å². The summed E-state index contributed by atoms with van der Waals surface area (Å²) in [6.45, 7) is 0.458. The Hall–Kier alpha value is -1.27. The number of nitrogens with two attached hydrogens (primary N) is 1. The third-order valence-electron chi connectivity index (χ3n) is 1.45. The van der Waals surface area contributed by atoms with Crippen LogP contribution in [-0.4, -0.2) is 19.1 Å². The predicted molar refractivity (Wildman–Crippen MR) is 44.9 cm³/mol. The summed E-state index contributed by atoms with van der Waals surface area (Å²) in [4.78, 5) is 4.08. The van der Waals surface area contributed by atoms with Gasteiger partial charge in [-0.1, -0.05) is 4.49 Å². The van der Waals surface area contributed by atoms with Gasteiger partial charge in [-0.25, -0.2) is 4.98 Å². The highest BCUT2D eigenvalue weighted by Gasteiger charge is 2.00. The number of rotatable bonds is 2. The molecule has 2 rings (SSSR count). The van der Waals surface area contributed by atoms with E-state index < -0.39 is 0 Å². The third kappa shape index (κ3) is 1.21. The van der Waals surface area contributed by atoms with Gasteiger partial charge in [0, 0.05) is 24.3 Å². The quantitative estimate of drug-likeness (QED) is 0.717. The van der Waals surface area contributed by atoms with E-state index in [2.05, 4.69) is 14.6 Å². The Morgan fingerprint density at radius 2 is 2.50 bits per heavy atom. The molecule has 0 aliphatic heterocycles. The summed E-state index contributed by atoms with van der Waals surface area (Å²) in [6.07, 6.45) is 5.26. The molecule has 2 heterocycles. The highest BCUT2D eigenvalue weighted by Crippen LogP contribution is 2.09. The van der Waals surface area contributed by atoms with Crippen LogP contribution < -0.4 is 5.73 Å². The van der Waals surface area contributed by atoms with Gasteiger partial charge in [-0.15, -0.1) is 5.10 Å². The van der Waals surface area contributed by atoms with Gasteiger partial charge in [0.1, 0.15) is 11.3 Å². The number of hydrogen-bond donors (Lipinski definition) is 1. The summed E-state index contributed by atoms with van der Waals surface area (Å²) < 4.78 is 5.60. The molecule has 0 radical (unpaired) electrons. The monoisotopic (exact) mass is 181 g/mol. The first kappa shape index (κ1) is 7.38. The molecule has 0 bridgehead atoms. The van der Waals surface area contributed by atoms with Crippen molar-refractivity contribution in [1.29, 1.82) is 0 Å². The smallest absolute Gasteiger partial charge is 0.141 e. The van der Waals surface area contributed by atoms with Gasteiger partial charge >= 0.3 is 0 Å². The van der Waals surface area contributed by atoms with Crippen LogP contribution in [0.5, 0.6) is 0 Å². The van der Waals surface area contributed by atoms with E-state index in [1.807, 2.05) is 10.8 Å². The van der Waals surface area contributed by atoms with Gasteiger partial charge < -0.3 is 5.73 Å². The van der Waals surface area contributed by atoms with Crippen molar-refractivity contribution in [2.24, 2.45) is 5.73 Å². The summed E-state index contributed by atoms with van der Waals surface area (Å²) in [6, 6.07) is 0. The number of aromatic nitrogens is 4. The normalized spacial score (nSPS) is 10.4. The molecule has 0 unspecified atom stereocenters. The molecule has 12 heavy (non-hydrogen) atoms. The van der Waals surface area contributed by atoms with Crippen LogP contribution in [0.3, 0.4) is 0 Å². The van der Waals surface area contributed by atoms with Crippen LogP contribution in [-0.2, 0) is 6.54 Å². The zero-order chi connectivity index (χ0) is 8.39. The Kier molecular flexibility index (Phi) is 1.84. The van der Waals surface area contributed by atoms with Gasteiger partial charge in [0.05, 0.1) is 11.9 Å². The van der Waals surface area contributed by atoms with Crippen LogP contribution in [0.1, 0.15) is 5.69 Å². The van der Waals surface area contributed by atoms with Gasteiger partial charge in [0.25, 0.3) is 0 Å². The lowest BCUT2D eigenvalue weighted by Gasteiger charge is -1.90. The Bertz CT molecular complexity index is 352. The molecule has 0 aliphatic rings. The van der Waals surface area contributed by atoms with Crippen LogP contribution in [0.2, 0.25) is 0 Å². The lowest BCUT2D eigenvalue weighted by molar-refractivity contribution is 1.01. The second-order valence-corrected chi connectivity index (χ2v) is 3.00. The molecule has 0 aromatic carbocycles. The summed E-state index contributed by atoms with van der Waals surface area (Å²) >= 11 is 1.32. The summed E-state index contributed by atoms with van der Waals surface area (Å²) in [5, 5.41) is 4.67. The van der Waals surface area contributed by atoms with Crippen molar-refractivity contribution >= 4 is 11.5 Å². The minimum Gasteiger partial charge on any atom is -0.325 e. The van der Waals surface area contributed by atoms with Crippen LogP contribution in [0.15, 0.2) is 18.7 Å². The Morgan fingerprint density at radius 3 is 3.08 bits per heavy atom. The second kappa shape index (κ2) is 3.00. The minimum atomic E-state index is 0.458. The van der Waals surface area contributed by atoms with Crippen LogP contribution >= 0.6 is 11.5 Å². The topological polar surface area (TPSA) is 69.6 Å². The maximum absolute atomic E-state index is 5.41. The van der Waals surface area contributed by atoms with E-state index in [1.165, 1.54) is 11.5 Å². The van der Waals surface area contributed by atoms with Crippen molar-refractivity contribution in [1.82, 2.24) is 19.1 Å². The van der Waals surface area contributed by atoms with E-state index in [9.17, 15) is 0 Å². The first-order valence-electron chi connectivity index (χ1n) is 3.41. The van der Waals surface area contributed by atoms with E-state index >= 15 is 0 Å². The molecule has 0 amide bonds. The molecule has 0 aliphatic carbocycles. The summed E-state index contributed by atoms with van der Waals surface area (Å²) in [5.74, 6) is 0. The molecule has 2 aromatic rings. The zero-order valence-corrected chi connectivity index (χ0v) is 7.03. The van der Waals surface area contributed by atoms with Crippen LogP contribution in [0.4, 0.5) is 0 Å². The lowest BCUT2D eigenvalue weighted by Crippen LogP contribution is -1.95. The maximum Gasteiger partial charge on any atom is 0.141 e. The maximum atomic E-state index is 5.41. The average Bonchev–Trinajstić information content (AvgIpc) is 2.75. The first-order valence-corrected chi connectivity index (χ1v) is 4.18. The van der Waals surface area contributed by atoms with Crippen LogP contribution in [0, 0.1) is 0 Å². The van der Waals surface area contributed by atoms with Gasteiger partial charge in [0.2, 0.25) is 0 Å². The third-order valence-corrected chi connectivity index (χ3v) is 2.13. The van der Waals surface area contributed by atoms with Crippen LogP contribution in [0.25, 0.3) is 5.00 Å². The van der Waals surface area contributed by atoms with E-state index in [0.29, 0.717) is 6.54 Å². The predicted octanol–water partition coefficient (Wildman–Crippen LogP) is 0.182. The Balaban J connectivity index is 2.35. The molecule has 6 heteroatoms. The highest BCUT2D eigenvalue weighted by molar-refractivity contribution is 7.08. The van der Waals surface area contributed by atoms with E-state index in [0.717, 1.165) is 10.7 Å². The fourth-order valence-electron chi connectivity index (χ4n) is 0.865. The van der Waals surface area contributed by atoms with Crippen molar-refractivity contribution < 1.29 is 0 Å². The van der Waals surface area contributed by atoms with E-state index in [1.54, 1.807) is 12.5 Å². The molecule has 62 valence electrons. The molecule has 0 fully saturated rings. The van der Waals surface area contributed by atoms with Gasteiger partial charge in [0.15, 0.2) is 0 Å². The van der Waals surface area contributed by atoms with Crippen molar-refractivity contribution in [3.8, 4) is 5.00 Å². The average molecular weight is 181 g/mol. The van der Waals surface area contributed by atoms with Crippen molar-refractivity contribution in [2.75, 3.05) is 0 Å². The molecule has 0 saturated heterocycles. The SMILES string of the molecule is NCc1cn(-c2cnns2)cn1. The summed E-state index contributed by atoms with van der Waals surface area (Å²) in [5.41, 5.74) is 6.28. The molecule has 0 atom stereocenters. The number of nitrogens with zero attached hydrogens (tertiary/aromatic N) is 4. The largest absolute Gasteiger partial charge is 0.325 e. The molecule has 2 N–H and O–H groups in total. The Labute approximate surface area is 73.0 Å². The van der Waals surface area contributed by atoms with Gasteiger partial charge in [-0.05, 0) is 0 Å². The fraction of sp³-hybridized carbons (Fsp3) is 0.167. The first-order chi connectivity index (χ1) is 5.90. The molecule has 5 nitrogen and oxygen atoms in total. The van der Waals surface area contributed by atoms with Crippen molar-refractivity contribution in [3.05, 3.63) is 24.4 Å². The molecule has 2 aromatic heterocycles. The molecular formula is C6H7N5S. The van der Waals surface area contributed by atoms with Crippen molar-refractivity contribution in [2.45, 2.75) is 6.54 Å².